The maximum Gasteiger partial charge on any atom is 0.165 e. The van der Waals surface area contributed by atoms with Crippen molar-refractivity contribution in [2.24, 2.45) is 0 Å². The van der Waals surface area contributed by atoms with E-state index in [0.29, 0.717) is 0 Å². The molecule has 84 valence electrons. The van der Waals surface area contributed by atoms with Crippen molar-refractivity contribution in [2.75, 3.05) is 7.11 Å². The van der Waals surface area contributed by atoms with Crippen molar-refractivity contribution in [3.63, 3.8) is 0 Å². The minimum Gasteiger partial charge on any atom is -0.494 e. The molecule has 1 N–H and O–H groups in total. The highest BCUT2D eigenvalue weighted by Gasteiger charge is 2.08. The van der Waals surface area contributed by atoms with E-state index >= 15 is 0 Å². The highest BCUT2D eigenvalue weighted by Crippen LogP contribution is 2.29. The Morgan fingerprint density at radius 3 is 2.94 bits per heavy atom. The highest BCUT2D eigenvalue weighted by molar-refractivity contribution is 7.15. The molecule has 1 heterocycles. The first kappa shape index (κ1) is 11.0. The lowest BCUT2D eigenvalue weighted by atomic mass is 10.2. The lowest BCUT2D eigenvalue weighted by Gasteiger charge is -2.03. The Balaban J connectivity index is 2.40. The van der Waals surface area contributed by atoms with Crippen LogP contribution in [0.3, 0.4) is 0 Å². The molecule has 0 aliphatic heterocycles. The van der Waals surface area contributed by atoms with Crippen LogP contribution >= 0.6 is 11.3 Å². The molecule has 0 radical (unpaired) electrons. The third-order valence-electron chi connectivity index (χ3n) is 2.11. The SMILES string of the molecule is COc1cc(-c2ncc(CO)s2)ccc1F. The fraction of sp³-hybridized carbons (Fsp3) is 0.182. The number of benzene rings is 1. The molecule has 1 aromatic carbocycles. The lowest BCUT2D eigenvalue weighted by Crippen LogP contribution is -1.88. The number of ether oxygens (including phenoxy) is 1. The number of halogens is 1. The van der Waals surface area contributed by atoms with E-state index in [2.05, 4.69) is 4.98 Å². The van der Waals surface area contributed by atoms with E-state index in [9.17, 15) is 4.39 Å². The van der Waals surface area contributed by atoms with Gasteiger partial charge in [0.05, 0.1) is 18.6 Å². The van der Waals surface area contributed by atoms with Gasteiger partial charge < -0.3 is 9.84 Å². The first-order chi connectivity index (χ1) is 7.74. The molecule has 0 atom stereocenters. The van der Waals surface area contributed by atoms with Gasteiger partial charge in [0.2, 0.25) is 0 Å². The predicted molar refractivity (Wildman–Crippen MR) is 60.0 cm³/mol. The van der Waals surface area contributed by atoms with Gasteiger partial charge in [-0.15, -0.1) is 11.3 Å². The molecule has 0 spiro atoms. The number of hydrogen-bond acceptors (Lipinski definition) is 4. The summed E-state index contributed by atoms with van der Waals surface area (Å²) in [7, 11) is 1.42. The number of aromatic nitrogens is 1. The monoisotopic (exact) mass is 239 g/mol. The van der Waals surface area contributed by atoms with E-state index in [-0.39, 0.29) is 12.4 Å². The zero-order valence-electron chi connectivity index (χ0n) is 8.61. The first-order valence-corrected chi connectivity index (χ1v) is 5.45. The summed E-state index contributed by atoms with van der Waals surface area (Å²) in [4.78, 5) is 4.92. The van der Waals surface area contributed by atoms with Crippen LogP contribution in [0.2, 0.25) is 0 Å². The van der Waals surface area contributed by atoms with Gasteiger partial charge in [0.1, 0.15) is 5.01 Å². The van der Waals surface area contributed by atoms with Crippen molar-refractivity contribution < 1.29 is 14.2 Å². The minimum atomic E-state index is -0.398. The summed E-state index contributed by atoms with van der Waals surface area (Å²) in [5.74, 6) is -0.205. The second-order valence-electron chi connectivity index (χ2n) is 3.14. The molecule has 2 aromatic rings. The number of thiazole rings is 1. The Labute approximate surface area is 96.2 Å². The number of aliphatic hydroxyl groups is 1. The van der Waals surface area contributed by atoms with Gasteiger partial charge in [0.25, 0.3) is 0 Å². The third-order valence-corrected chi connectivity index (χ3v) is 3.14. The Kier molecular flexibility index (Phi) is 3.17. The van der Waals surface area contributed by atoms with Gasteiger partial charge in [-0.25, -0.2) is 9.37 Å². The summed E-state index contributed by atoms with van der Waals surface area (Å²) < 4.78 is 18.1. The maximum atomic E-state index is 13.2. The highest BCUT2D eigenvalue weighted by atomic mass is 32.1. The topological polar surface area (TPSA) is 42.4 Å². The van der Waals surface area contributed by atoms with Gasteiger partial charge in [0, 0.05) is 11.8 Å². The zero-order chi connectivity index (χ0) is 11.5. The van der Waals surface area contributed by atoms with Crippen LogP contribution in [0.5, 0.6) is 5.75 Å². The number of nitrogens with zero attached hydrogens (tertiary/aromatic N) is 1. The molecule has 0 unspecified atom stereocenters. The molecular weight excluding hydrogens is 229 g/mol. The van der Waals surface area contributed by atoms with Crippen molar-refractivity contribution >= 4 is 11.3 Å². The van der Waals surface area contributed by atoms with Crippen LogP contribution in [0.15, 0.2) is 24.4 Å². The number of aliphatic hydroxyl groups excluding tert-OH is 1. The zero-order valence-corrected chi connectivity index (χ0v) is 9.42. The first-order valence-electron chi connectivity index (χ1n) is 4.64. The number of methoxy groups -OCH3 is 1. The fourth-order valence-corrected chi connectivity index (χ4v) is 2.08. The molecule has 0 aliphatic carbocycles. The Morgan fingerprint density at radius 1 is 1.50 bits per heavy atom. The Bertz CT molecular complexity index is 498. The second-order valence-corrected chi connectivity index (χ2v) is 4.25. The lowest BCUT2D eigenvalue weighted by molar-refractivity contribution is 0.285. The molecule has 1 aromatic heterocycles. The third kappa shape index (κ3) is 2.05. The van der Waals surface area contributed by atoms with Crippen LogP contribution in [0, 0.1) is 5.82 Å². The summed E-state index contributed by atoms with van der Waals surface area (Å²) in [6, 6.07) is 4.57. The smallest absolute Gasteiger partial charge is 0.165 e. The molecular formula is C11H10FNO2S. The summed E-state index contributed by atoms with van der Waals surface area (Å²) in [5, 5.41) is 9.67. The molecule has 16 heavy (non-hydrogen) atoms. The molecule has 0 aliphatic rings. The van der Waals surface area contributed by atoms with E-state index in [1.165, 1.54) is 24.5 Å². The van der Waals surface area contributed by atoms with Crippen LogP contribution in [0.1, 0.15) is 4.88 Å². The normalized spacial score (nSPS) is 10.4. The van der Waals surface area contributed by atoms with Crippen LogP contribution < -0.4 is 4.74 Å². The van der Waals surface area contributed by atoms with Crippen LogP contribution in [-0.2, 0) is 6.61 Å². The van der Waals surface area contributed by atoms with Gasteiger partial charge in [-0.05, 0) is 18.2 Å². The number of hydrogen-bond donors (Lipinski definition) is 1. The fourth-order valence-electron chi connectivity index (χ4n) is 1.31. The van der Waals surface area contributed by atoms with Gasteiger partial charge in [-0.2, -0.15) is 0 Å². The molecule has 0 saturated carbocycles. The molecule has 0 bridgehead atoms. The van der Waals surface area contributed by atoms with Crippen molar-refractivity contribution in [1.29, 1.82) is 0 Å². The summed E-state index contributed by atoms with van der Waals surface area (Å²) in [5.41, 5.74) is 0.781. The van der Waals surface area contributed by atoms with Gasteiger partial charge in [-0.1, -0.05) is 0 Å². The Hall–Kier alpha value is -1.46. The van der Waals surface area contributed by atoms with E-state index in [4.69, 9.17) is 9.84 Å². The Morgan fingerprint density at radius 2 is 2.31 bits per heavy atom. The minimum absolute atomic E-state index is 0.0317. The molecule has 0 amide bonds. The average Bonchev–Trinajstić information content (AvgIpc) is 2.78. The van der Waals surface area contributed by atoms with E-state index in [0.717, 1.165) is 15.4 Å². The maximum absolute atomic E-state index is 13.2. The van der Waals surface area contributed by atoms with Crippen molar-refractivity contribution in [3.8, 4) is 16.3 Å². The van der Waals surface area contributed by atoms with Crippen molar-refractivity contribution in [2.45, 2.75) is 6.61 Å². The van der Waals surface area contributed by atoms with Gasteiger partial charge in [-0.3, -0.25) is 0 Å². The molecule has 0 saturated heterocycles. The summed E-state index contributed by atoms with van der Waals surface area (Å²) >= 11 is 1.37. The quantitative estimate of drug-likeness (QED) is 0.894. The predicted octanol–water partition coefficient (Wildman–Crippen LogP) is 2.45. The van der Waals surface area contributed by atoms with Gasteiger partial charge in [0.15, 0.2) is 11.6 Å². The van der Waals surface area contributed by atoms with Crippen molar-refractivity contribution in [3.05, 3.63) is 35.1 Å². The van der Waals surface area contributed by atoms with E-state index in [1.807, 2.05) is 0 Å². The van der Waals surface area contributed by atoms with Gasteiger partial charge >= 0.3 is 0 Å². The van der Waals surface area contributed by atoms with Crippen LogP contribution in [0.4, 0.5) is 4.39 Å². The van der Waals surface area contributed by atoms with Crippen LogP contribution in [0.25, 0.3) is 10.6 Å². The summed E-state index contributed by atoms with van der Waals surface area (Å²) in [6.45, 7) is -0.0317. The molecule has 3 nitrogen and oxygen atoms in total. The molecule has 2 rings (SSSR count). The standard InChI is InChI=1S/C11H10FNO2S/c1-15-10-4-7(2-3-9(10)12)11-13-5-8(6-14)16-11/h2-5,14H,6H2,1H3. The van der Waals surface area contributed by atoms with E-state index < -0.39 is 5.82 Å². The molecule has 0 fully saturated rings. The largest absolute Gasteiger partial charge is 0.494 e. The van der Waals surface area contributed by atoms with Crippen LogP contribution in [-0.4, -0.2) is 17.2 Å². The second kappa shape index (κ2) is 4.59. The van der Waals surface area contributed by atoms with E-state index in [1.54, 1.807) is 18.3 Å². The van der Waals surface area contributed by atoms with Crippen molar-refractivity contribution in [1.82, 2.24) is 4.98 Å². The average molecular weight is 239 g/mol. The number of rotatable bonds is 3. The summed E-state index contributed by atoms with van der Waals surface area (Å²) in [6.07, 6.45) is 1.61. The molecule has 5 heteroatoms.